The number of fused-ring (bicyclic) bond motifs is 2. The van der Waals surface area contributed by atoms with Crippen molar-refractivity contribution >= 4 is 26.0 Å². The van der Waals surface area contributed by atoms with Crippen LogP contribution in [0.1, 0.15) is 46.5 Å². The maximum atomic E-state index is 11.7. The molecule has 116 valence electrons. The predicted octanol–water partition coefficient (Wildman–Crippen LogP) is 1.99. The third kappa shape index (κ3) is 3.77. The highest BCUT2D eigenvalue weighted by Gasteiger charge is 2.46. The van der Waals surface area contributed by atoms with E-state index in [1.54, 1.807) is 20.8 Å². The lowest BCUT2D eigenvalue weighted by molar-refractivity contribution is 0.0477. The number of halogens is 1. The Kier molecular flexibility index (Phi) is 4.24. The summed E-state index contributed by atoms with van der Waals surface area (Å²) >= 11 is 0. The van der Waals surface area contributed by atoms with Gasteiger partial charge in [-0.05, 0) is 46.5 Å². The molecule has 0 aromatic heterocycles. The maximum Gasteiger partial charge on any atom is 0.407 e. The van der Waals surface area contributed by atoms with Crippen LogP contribution in [0.15, 0.2) is 0 Å². The minimum Gasteiger partial charge on any atom is -0.444 e. The molecule has 2 aliphatic heterocycles. The van der Waals surface area contributed by atoms with Crippen LogP contribution in [0.3, 0.4) is 0 Å². The molecule has 2 bridgehead atoms. The van der Waals surface area contributed by atoms with Gasteiger partial charge in [0.25, 0.3) is 9.24 Å². The summed E-state index contributed by atoms with van der Waals surface area (Å²) in [6, 6.07) is -0.288. The summed E-state index contributed by atoms with van der Waals surface area (Å²) in [5.74, 6) is 0. The molecule has 2 heterocycles. The minimum absolute atomic E-state index is 0.0583. The molecule has 8 heteroatoms. The molecule has 2 fully saturated rings. The van der Waals surface area contributed by atoms with Crippen molar-refractivity contribution in [1.29, 1.82) is 0 Å². The Labute approximate surface area is 124 Å². The number of nitrogens with zero attached hydrogens (tertiary/aromatic N) is 1. The summed E-state index contributed by atoms with van der Waals surface area (Å²) in [6.45, 7) is 5.41. The number of carbonyl (C=O) groups is 1. The standard InChI is InChI=1S/C12H21ClN2O4S/c1-12(2,3)19-11(16)14-8-6-9-4-5-10(7-8)15(9)20(13,17)18/h8-10H,4-7H2,1-3H3,(H,14,16). The van der Waals surface area contributed by atoms with Crippen molar-refractivity contribution in [3.63, 3.8) is 0 Å². The Morgan fingerprint density at radius 3 is 2.15 bits per heavy atom. The minimum atomic E-state index is -3.68. The van der Waals surface area contributed by atoms with Crippen molar-refractivity contribution in [2.45, 2.75) is 70.2 Å². The summed E-state index contributed by atoms with van der Waals surface area (Å²) in [4.78, 5) is 11.7. The molecule has 1 N–H and O–H groups in total. The molecule has 2 unspecified atom stereocenters. The van der Waals surface area contributed by atoms with Crippen molar-refractivity contribution in [3.05, 3.63) is 0 Å². The molecule has 6 nitrogen and oxygen atoms in total. The zero-order chi connectivity index (χ0) is 15.1. The van der Waals surface area contributed by atoms with Crippen molar-refractivity contribution in [3.8, 4) is 0 Å². The van der Waals surface area contributed by atoms with Gasteiger partial charge in [0.15, 0.2) is 0 Å². The van der Waals surface area contributed by atoms with Crippen LogP contribution < -0.4 is 5.32 Å². The Bertz CT molecular complexity index is 474. The molecule has 0 saturated carbocycles. The second kappa shape index (κ2) is 5.35. The van der Waals surface area contributed by atoms with E-state index in [1.165, 1.54) is 4.31 Å². The Morgan fingerprint density at radius 1 is 1.25 bits per heavy atom. The molecule has 0 aromatic rings. The summed E-state index contributed by atoms with van der Waals surface area (Å²) in [6.07, 6.45) is 2.30. The number of amides is 1. The van der Waals surface area contributed by atoms with Crippen LogP contribution in [-0.2, 0) is 14.0 Å². The lowest BCUT2D eigenvalue weighted by Crippen LogP contribution is -2.51. The number of rotatable bonds is 2. The fourth-order valence-corrected chi connectivity index (χ4v) is 4.85. The van der Waals surface area contributed by atoms with Gasteiger partial charge in [-0.25, -0.2) is 4.79 Å². The van der Waals surface area contributed by atoms with E-state index in [2.05, 4.69) is 5.32 Å². The quantitative estimate of drug-likeness (QED) is 0.788. The van der Waals surface area contributed by atoms with Gasteiger partial charge >= 0.3 is 6.09 Å². The number of nitrogens with one attached hydrogen (secondary N) is 1. The molecule has 2 atom stereocenters. The predicted molar refractivity (Wildman–Crippen MR) is 75.8 cm³/mol. The van der Waals surface area contributed by atoms with Gasteiger partial charge in [0, 0.05) is 28.8 Å². The molecule has 2 aliphatic rings. The molecule has 0 aromatic carbocycles. The van der Waals surface area contributed by atoms with Gasteiger partial charge in [-0.3, -0.25) is 0 Å². The SMILES string of the molecule is CC(C)(C)OC(=O)NC1CC2CCC(C1)N2S(=O)(=O)Cl. The monoisotopic (exact) mass is 324 g/mol. The highest BCUT2D eigenvalue weighted by Crippen LogP contribution is 2.38. The maximum absolute atomic E-state index is 11.7. The summed E-state index contributed by atoms with van der Waals surface area (Å²) in [5.41, 5.74) is -0.538. The molecule has 20 heavy (non-hydrogen) atoms. The highest BCUT2D eigenvalue weighted by molar-refractivity contribution is 8.11. The molecule has 2 saturated heterocycles. The van der Waals surface area contributed by atoms with Crippen LogP contribution in [0.2, 0.25) is 0 Å². The van der Waals surface area contributed by atoms with E-state index in [9.17, 15) is 13.2 Å². The first-order valence-electron chi connectivity index (χ1n) is 6.79. The van der Waals surface area contributed by atoms with Crippen LogP contribution in [0.4, 0.5) is 4.79 Å². The Morgan fingerprint density at radius 2 is 1.75 bits per heavy atom. The van der Waals surface area contributed by atoms with Crippen LogP contribution in [0, 0.1) is 0 Å². The summed E-state index contributed by atoms with van der Waals surface area (Å²) < 4.78 is 29.7. The number of carbonyl (C=O) groups excluding carboxylic acids is 1. The van der Waals surface area contributed by atoms with E-state index in [0.29, 0.717) is 12.8 Å². The lowest BCUT2D eigenvalue weighted by Gasteiger charge is -2.36. The van der Waals surface area contributed by atoms with Gasteiger partial charge in [-0.1, -0.05) is 0 Å². The van der Waals surface area contributed by atoms with Crippen LogP contribution in [-0.4, -0.2) is 42.5 Å². The van der Waals surface area contributed by atoms with Gasteiger partial charge in [0.2, 0.25) is 0 Å². The Hall–Kier alpha value is -0.530. The van der Waals surface area contributed by atoms with Crippen molar-refractivity contribution in [2.75, 3.05) is 0 Å². The average molecular weight is 325 g/mol. The normalized spacial score (nSPS) is 31.1. The second-order valence-electron chi connectivity index (χ2n) is 6.47. The van der Waals surface area contributed by atoms with Gasteiger partial charge in [-0.15, -0.1) is 0 Å². The summed E-state index contributed by atoms with van der Waals surface area (Å²) in [5, 5.41) is 2.82. The third-order valence-corrected chi connectivity index (χ3v) is 5.22. The lowest BCUT2D eigenvalue weighted by atomic mass is 10.00. The zero-order valence-corrected chi connectivity index (χ0v) is 13.5. The van der Waals surface area contributed by atoms with Crippen molar-refractivity contribution < 1.29 is 17.9 Å². The molecule has 0 aliphatic carbocycles. The van der Waals surface area contributed by atoms with E-state index in [0.717, 1.165) is 12.8 Å². The zero-order valence-electron chi connectivity index (χ0n) is 11.9. The number of alkyl carbamates (subject to hydrolysis) is 1. The molecule has 1 amide bonds. The van der Waals surface area contributed by atoms with E-state index in [1.807, 2.05) is 0 Å². The molecular formula is C12H21ClN2O4S. The summed E-state index contributed by atoms with van der Waals surface area (Å²) in [7, 11) is 1.79. The first-order valence-corrected chi connectivity index (χ1v) is 9.05. The van der Waals surface area contributed by atoms with Crippen LogP contribution >= 0.6 is 10.7 Å². The number of hydrogen-bond donors (Lipinski definition) is 1. The fraction of sp³-hybridized carbons (Fsp3) is 0.917. The third-order valence-electron chi connectivity index (χ3n) is 3.64. The fourth-order valence-electron chi connectivity index (χ4n) is 3.08. The highest BCUT2D eigenvalue weighted by atomic mass is 35.7. The second-order valence-corrected chi connectivity index (χ2v) is 8.89. The van der Waals surface area contributed by atoms with E-state index in [-0.39, 0.29) is 18.1 Å². The van der Waals surface area contributed by atoms with Gasteiger partial charge in [-0.2, -0.15) is 12.7 Å². The Balaban J connectivity index is 1.95. The average Bonchev–Trinajstić information content (AvgIpc) is 2.48. The topological polar surface area (TPSA) is 75.7 Å². The first-order chi connectivity index (χ1) is 9.06. The van der Waals surface area contributed by atoms with Gasteiger partial charge < -0.3 is 10.1 Å². The van der Waals surface area contributed by atoms with Gasteiger partial charge in [0.05, 0.1) is 0 Å². The molecule has 0 radical (unpaired) electrons. The van der Waals surface area contributed by atoms with Gasteiger partial charge in [0.1, 0.15) is 5.60 Å². The molecular weight excluding hydrogens is 304 g/mol. The van der Waals surface area contributed by atoms with E-state index >= 15 is 0 Å². The number of hydrogen-bond acceptors (Lipinski definition) is 4. The first kappa shape index (κ1) is 15.9. The van der Waals surface area contributed by atoms with Crippen LogP contribution in [0.25, 0.3) is 0 Å². The largest absolute Gasteiger partial charge is 0.444 e. The van der Waals surface area contributed by atoms with E-state index in [4.69, 9.17) is 15.4 Å². The van der Waals surface area contributed by atoms with Crippen molar-refractivity contribution in [2.24, 2.45) is 0 Å². The molecule has 2 rings (SSSR count). The number of ether oxygens (including phenoxy) is 1. The van der Waals surface area contributed by atoms with Crippen LogP contribution in [0.5, 0.6) is 0 Å². The number of piperidine rings is 1. The smallest absolute Gasteiger partial charge is 0.407 e. The molecule has 0 spiro atoms. The van der Waals surface area contributed by atoms with E-state index < -0.39 is 20.9 Å². The van der Waals surface area contributed by atoms with Crippen molar-refractivity contribution in [1.82, 2.24) is 9.62 Å².